The Kier molecular flexibility index (Phi) is 4.61. The predicted molar refractivity (Wildman–Crippen MR) is 177 cm³/mol. The van der Waals surface area contributed by atoms with E-state index in [1.807, 2.05) is 13.5 Å². The van der Waals surface area contributed by atoms with Crippen LogP contribution in [0.15, 0.2) is 110 Å². The van der Waals surface area contributed by atoms with Crippen molar-refractivity contribution in [1.29, 1.82) is 0 Å². The molecule has 216 valence electrons. The molecule has 7 aromatic heterocycles. The van der Waals surface area contributed by atoms with Gasteiger partial charge in [-0.1, -0.05) is 54.6 Å². The Hall–Kier alpha value is -6.09. The SMILES string of the molecule is Cc1c(-n2ccc3ccccc32)nn2c1n1nc(-n3ccc4ccccc43)c(C)c1n1nc(-n3ccc4ccccc43)c(C)c21. The van der Waals surface area contributed by atoms with Gasteiger partial charge in [0.05, 0.1) is 16.6 Å². The van der Waals surface area contributed by atoms with Gasteiger partial charge in [-0.05, 0) is 73.3 Å². The maximum Gasteiger partial charge on any atom is 0.166 e. The van der Waals surface area contributed by atoms with Gasteiger partial charge in [0.2, 0.25) is 0 Å². The zero-order valence-electron chi connectivity index (χ0n) is 24.9. The van der Waals surface area contributed by atoms with Crippen LogP contribution in [-0.2, 0) is 0 Å². The Morgan fingerprint density at radius 1 is 0.378 bits per heavy atom. The highest BCUT2D eigenvalue weighted by Gasteiger charge is 2.27. The van der Waals surface area contributed by atoms with Crippen LogP contribution in [0.4, 0.5) is 0 Å². The lowest BCUT2D eigenvalue weighted by atomic mass is 10.2. The van der Waals surface area contributed by atoms with Crippen LogP contribution in [0.3, 0.4) is 0 Å². The summed E-state index contributed by atoms with van der Waals surface area (Å²) in [6, 6.07) is 31.6. The molecule has 0 amide bonds. The van der Waals surface area contributed by atoms with Crippen molar-refractivity contribution in [1.82, 2.24) is 42.5 Å². The molecule has 0 saturated carbocycles. The molecule has 10 rings (SSSR count). The molecule has 0 aliphatic heterocycles. The van der Waals surface area contributed by atoms with Gasteiger partial charge in [0.15, 0.2) is 34.4 Å². The molecule has 0 spiro atoms. The van der Waals surface area contributed by atoms with Crippen LogP contribution >= 0.6 is 0 Å². The Morgan fingerprint density at radius 2 is 0.667 bits per heavy atom. The number of hydrogen-bond acceptors (Lipinski definition) is 3. The van der Waals surface area contributed by atoms with Crippen LogP contribution < -0.4 is 0 Å². The zero-order valence-corrected chi connectivity index (χ0v) is 24.9. The summed E-state index contributed by atoms with van der Waals surface area (Å²) < 4.78 is 12.6. The van der Waals surface area contributed by atoms with Crippen molar-refractivity contribution in [3.8, 4) is 17.5 Å². The van der Waals surface area contributed by atoms with Gasteiger partial charge in [-0.15, -0.1) is 15.3 Å². The molecule has 10 aromatic rings. The van der Waals surface area contributed by atoms with Crippen LogP contribution in [-0.4, -0.2) is 42.5 Å². The molecule has 0 atom stereocenters. The number of aromatic nitrogens is 9. The molecule has 0 unspecified atom stereocenters. The topological polar surface area (TPSA) is 66.7 Å². The number of nitrogens with zero attached hydrogens (tertiary/aromatic N) is 9. The van der Waals surface area contributed by atoms with Crippen molar-refractivity contribution in [3.63, 3.8) is 0 Å². The van der Waals surface area contributed by atoms with E-state index in [1.54, 1.807) is 0 Å². The summed E-state index contributed by atoms with van der Waals surface area (Å²) in [5.41, 5.74) is 9.14. The lowest BCUT2D eigenvalue weighted by molar-refractivity contribution is 0.809. The summed E-state index contributed by atoms with van der Waals surface area (Å²) >= 11 is 0. The fourth-order valence-corrected chi connectivity index (χ4v) is 7.11. The molecule has 9 heteroatoms. The fraction of sp³-hybridized carbons (Fsp3) is 0.0833. The van der Waals surface area contributed by atoms with Gasteiger partial charge in [-0.3, -0.25) is 13.7 Å². The predicted octanol–water partition coefficient (Wildman–Crippen LogP) is 7.39. The van der Waals surface area contributed by atoms with Gasteiger partial charge in [-0.2, -0.15) is 13.5 Å². The Balaban J connectivity index is 1.36. The molecule has 0 radical (unpaired) electrons. The Morgan fingerprint density at radius 3 is 0.978 bits per heavy atom. The van der Waals surface area contributed by atoms with Crippen LogP contribution in [0.1, 0.15) is 16.7 Å². The standard InChI is InChI=1S/C36H27N9/c1-22-31(40-19-16-25-10-4-7-13-28(25)40)37-43-34(22)44-36(23(2)32(38-44)41-20-17-26-11-5-8-14-29(26)41)45-35(43)24(3)33(39-45)42-21-18-27-12-6-9-15-30(27)42/h4-21H,1-3H3. The smallest absolute Gasteiger partial charge is 0.166 e. The second-order valence-electron chi connectivity index (χ2n) is 11.8. The van der Waals surface area contributed by atoms with Gasteiger partial charge in [-0.25, -0.2) is 0 Å². The first kappa shape index (κ1) is 24.4. The number of rotatable bonds is 3. The van der Waals surface area contributed by atoms with Gasteiger partial charge in [0, 0.05) is 35.3 Å². The highest BCUT2D eigenvalue weighted by Crippen LogP contribution is 2.33. The summed E-state index contributed by atoms with van der Waals surface area (Å²) in [6.07, 6.45) is 6.29. The lowest BCUT2D eigenvalue weighted by Crippen LogP contribution is -2.06. The van der Waals surface area contributed by atoms with E-state index in [-0.39, 0.29) is 0 Å². The van der Waals surface area contributed by atoms with Crippen LogP contribution in [0.2, 0.25) is 0 Å². The summed E-state index contributed by atoms with van der Waals surface area (Å²) in [7, 11) is 0. The first-order valence-electron chi connectivity index (χ1n) is 15.1. The highest BCUT2D eigenvalue weighted by atomic mass is 15.5. The molecule has 45 heavy (non-hydrogen) atoms. The Bertz CT molecular complexity index is 2470. The van der Waals surface area contributed by atoms with E-state index in [1.165, 1.54) is 16.2 Å². The maximum absolute atomic E-state index is 5.29. The molecular formula is C36H27N9. The number of aryl methyl sites for hydroxylation is 3. The minimum atomic E-state index is 0.861. The van der Waals surface area contributed by atoms with E-state index in [0.29, 0.717) is 0 Å². The highest BCUT2D eigenvalue weighted by molar-refractivity contribution is 5.85. The zero-order chi connectivity index (χ0) is 30.0. The number of para-hydroxylation sites is 3. The fourth-order valence-electron chi connectivity index (χ4n) is 7.11. The van der Waals surface area contributed by atoms with Crippen molar-refractivity contribution in [2.24, 2.45) is 0 Å². The molecule has 9 nitrogen and oxygen atoms in total. The second-order valence-corrected chi connectivity index (χ2v) is 11.8. The average molecular weight is 586 g/mol. The largest absolute Gasteiger partial charge is 0.299 e. The maximum atomic E-state index is 5.29. The Labute approximate surface area is 256 Å². The lowest BCUT2D eigenvalue weighted by Gasteiger charge is -2.04. The number of fused-ring (bicyclic) bond motifs is 9. The monoisotopic (exact) mass is 585 g/mol. The molecule has 0 saturated heterocycles. The average Bonchev–Trinajstić information content (AvgIpc) is 3.90. The van der Waals surface area contributed by atoms with Crippen molar-refractivity contribution in [3.05, 3.63) is 126 Å². The van der Waals surface area contributed by atoms with E-state index in [2.05, 4.69) is 144 Å². The first-order valence-corrected chi connectivity index (χ1v) is 15.1. The first-order chi connectivity index (χ1) is 22.1. The molecule has 3 aromatic carbocycles. The molecule has 0 bridgehead atoms. The van der Waals surface area contributed by atoms with E-state index in [4.69, 9.17) is 15.3 Å². The summed E-state index contributed by atoms with van der Waals surface area (Å²) in [5, 5.41) is 19.4. The summed E-state index contributed by atoms with van der Waals surface area (Å²) in [5.74, 6) is 2.58. The third kappa shape index (κ3) is 3.08. The van der Waals surface area contributed by atoms with E-state index in [0.717, 1.165) is 67.6 Å². The summed E-state index contributed by atoms with van der Waals surface area (Å²) in [6.45, 7) is 6.41. The normalized spacial score (nSPS) is 12.3. The molecule has 0 N–H and O–H groups in total. The van der Waals surface area contributed by atoms with Crippen molar-refractivity contribution < 1.29 is 0 Å². The van der Waals surface area contributed by atoms with Crippen LogP contribution in [0.5, 0.6) is 0 Å². The van der Waals surface area contributed by atoms with Crippen molar-refractivity contribution in [2.45, 2.75) is 20.8 Å². The van der Waals surface area contributed by atoms with Gasteiger partial charge in [0.1, 0.15) is 0 Å². The van der Waals surface area contributed by atoms with Gasteiger partial charge < -0.3 is 0 Å². The molecule has 0 aliphatic carbocycles. The quantitative estimate of drug-likeness (QED) is 0.217. The molecule has 7 heterocycles. The number of hydrogen-bond donors (Lipinski definition) is 0. The van der Waals surface area contributed by atoms with Crippen LogP contribution in [0.25, 0.3) is 67.1 Å². The van der Waals surface area contributed by atoms with E-state index < -0.39 is 0 Å². The third-order valence-electron chi connectivity index (χ3n) is 9.28. The minimum Gasteiger partial charge on any atom is -0.299 e. The molecular weight excluding hydrogens is 558 g/mol. The molecule has 0 aliphatic rings. The van der Waals surface area contributed by atoms with Crippen LogP contribution in [0, 0.1) is 20.8 Å². The van der Waals surface area contributed by atoms with Gasteiger partial charge >= 0.3 is 0 Å². The van der Waals surface area contributed by atoms with E-state index in [9.17, 15) is 0 Å². The third-order valence-corrected chi connectivity index (χ3v) is 9.28. The van der Waals surface area contributed by atoms with Gasteiger partial charge in [0.25, 0.3) is 0 Å². The minimum absolute atomic E-state index is 0.861. The summed E-state index contributed by atoms with van der Waals surface area (Å²) in [4.78, 5) is 0. The second kappa shape index (κ2) is 8.51. The van der Waals surface area contributed by atoms with Crippen molar-refractivity contribution in [2.75, 3.05) is 0 Å². The van der Waals surface area contributed by atoms with Crippen molar-refractivity contribution >= 4 is 49.7 Å². The molecule has 0 fully saturated rings. The number of benzene rings is 3. The van der Waals surface area contributed by atoms with E-state index >= 15 is 0 Å².